The van der Waals surface area contributed by atoms with Gasteiger partial charge in [-0.2, -0.15) is 0 Å². The summed E-state index contributed by atoms with van der Waals surface area (Å²) in [6.45, 7) is 1.71. The van der Waals surface area contributed by atoms with Gasteiger partial charge in [0.1, 0.15) is 5.78 Å². The smallest absolute Gasteiger partial charge is 0.132 e. The summed E-state index contributed by atoms with van der Waals surface area (Å²) in [4.78, 5) is 15.6. The zero-order valence-corrected chi connectivity index (χ0v) is 9.15. The standard InChI is InChI=1S/C13H17NO/c1-10(15)11-5-7-12(8-6-11)13-4-2-3-9-14-13/h2-4,9,11-12H,5-8H2,1H3. The van der Waals surface area contributed by atoms with Crippen molar-refractivity contribution < 1.29 is 4.79 Å². The van der Waals surface area contributed by atoms with Crippen LogP contribution in [0, 0.1) is 5.92 Å². The third-order valence-electron chi connectivity index (χ3n) is 3.41. The number of carbonyl (C=O) groups is 1. The maximum absolute atomic E-state index is 11.2. The highest BCUT2D eigenvalue weighted by Gasteiger charge is 2.25. The molecule has 0 unspecified atom stereocenters. The Balaban J connectivity index is 1.97. The number of hydrogen-bond donors (Lipinski definition) is 0. The van der Waals surface area contributed by atoms with E-state index in [0.29, 0.717) is 17.6 Å². The molecule has 2 heteroatoms. The number of ketones is 1. The fourth-order valence-electron chi connectivity index (χ4n) is 2.41. The van der Waals surface area contributed by atoms with Gasteiger partial charge in [-0.05, 0) is 44.7 Å². The molecule has 80 valence electrons. The molecule has 0 aliphatic heterocycles. The Morgan fingerprint density at radius 1 is 1.27 bits per heavy atom. The third kappa shape index (κ3) is 2.44. The lowest BCUT2D eigenvalue weighted by atomic mass is 9.79. The summed E-state index contributed by atoms with van der Waals surface area (Å²) in [5.74, 6) is 1.24. The largest absolute Gasteiger partial charge is 0.300 e. The van der Waals surface area contributed by atoms with Crippen molar-refractivity contribution in [2.24, 2.45) is 5.92 Å². The van der Waals surface area contributed by atoms with Crippen molar-refractivity contribution in [3.8, 4) is 0 Å². The lowest BCUT2D eigenvalue weighted by Gasteiger charge is -2.26. The molecule has 2 nitrogen and oxygen atoms in total. The molecule has 0 bridgehead atoms. The van der Waals surface area contributed by atoms with Gasteiger partial charge in [-0.3, -0.25) is 9.78 Å². The minimum absolute atomic E-state index is 0.310. The van der Waals surface area contributed by atoms with Gasteiger partial charge in [0.25, 0.3) is 0 Å². The summed E-state index contributed by atoms with van der Waals surface area (Å²) >= 11 is 0. The first-order valence-electron chi connectivity index (χ1n) is 5.68. The predicted octanol–water partition coefficient (Wildman–Crippen LogP) is 2.94. The molecule has 1 aliphatic carbocycles. The number of carbonyl (C=O) groups excluding carboxylic acids is 1. The van der Waals surface area contributed by atoms with Gasteiger partial charge in [0.15, 0.2) is 0 Å². The minimum Gasteiger partial charge on any atom is -0.300 e. The van der Waals surface area contributed by atoms with Crippen molar-refractivity contribution in [2.75, 3.05) is 0 Å². The van der Waals surface area contributed by atoms with Gasteiger partial charge in [-0.15, -0.1) is 0 Å². The number of aromatic nitrogens is 1. The van der Waals surface area contributed by atoms with E-state index in [4.69, 9.17) is 0 Å². The molecule has 0 aromatic carbocycles. The van der Waals surface area contributed by atoms with Crippen molar-refractivity contribution >= 4 is 5.78 Å². The van der Waals surface area contributed by atoms with Crippen molar-refractivity contribution in [1.29, 1.82) is 0 Å². The highest BCUT2D eigenvalue weighted by molar-refractivity contribution is 5.78. The van der Waals surface area contributed by atoms with Crippen LogP contribution in [-0.2, 0) is 4.79 Å². The SMILES string of the molecule is CC(=O)C1CCC(c2ccccn2)CC1. The summed E-state index contributed by atoms with van der Waals surface area (Å²) < 4.78 is 0. The molecule has 1 aromatic heterocycles. The van der Waals surface area contributed by atoms with Crippen LogP contribution < -0.4 is 0 Å². The van der Waals surface area contributed by atoms with E-state index >= 15 is 0 Å². The molecule has 1 saturated carbocycles. The fourth-order valence-corrected chi connectivity index (χ4v) is 2.41. The Morgan fingerprint density at radius 2 is 2.00 bits per heavy atom. The molecule has 0 N–H and O–H groups in total. The quantitative estimate of drug-likeness (QED) is 0.739. The van der Waals surface area contributed by atoms with Crippen LogP contribution in [-0.4, -0.2) is 10.8 Å². The number of pyridine rings is 1. The van der Waals surface area contributed by atoms with Crippen LogP contribution in [0.2, 0.25) is 0 Å². The number of Topliss-reactive ketones (excluding diaryl/α,β-unsaturated/α-hetero) is 1. The molecule has 2 rings (SSSR count). The average Bonchev–Trinajstić information content (AvgIpc) is 2.30. The first kappa shape index (κ1) is 10.3. The summed E-state index contributed by atoms with van der Waals surface area (Å²) in [5.41, 5.74) is 1.19. The summed E-state index contributed by atoms with van der Waals surface area (Å²) in [7, 11) is 0. The molecule has 0 radical (unpaired) electrons. The molecular weight excluding hydrogens is 186 g/mol. The van der Waals surface area contributed by atoms with Gasteiger partial charge in [-0.25, -0.2) is 0 Å². The molecule has 1 aliphatic rings. The van der Waals surface area contributed by atoms with Crippen LogP contribution >= 0.6 is 0 Å². The van der Waals surface area contributed by atoms with E-state index in [1.54, 1.807) is 6.92 Å². The van der Waals surface area contributed by atoms with Crippen LogP contribution in [0.5, 0.6) is 0 Å². The second-order valence-corrected chi connectivity index (χ2v) is 4.41. The molecule has 1 aromatic rings. The molecule has 0 amide bonds. The number of rotatable bonds is 2. The maximum Gasteiger partial charge on any atom is 0.132 e. The second kappa shape index (κ2) is 4.56. The van der Waals surface area contributed by atoms with Gasteiger partial charge < -0.3 is 0 Å². The third-order valence-corrected chi connectivity index (χ3v) is 3.41. The fraction of sp³-hybridized carbons (Fsp3) is 0.538. The van der Waals surface area contributed by atoms with E-state index in [1.807, 2.05) is 18.3 Å². The van der Waals surface area contributed by atoms with Crippen molar-refractivity contribution in [3.05, 3.63) is 30.1 Å². The molecule has 0 spiro atoms. The van der Waals surface area contributed by atoms with E-state index in [1.165, 1.54) is 5.69 Å². The van der Waals surface area contributed by atoms with Crippen LogP contribution in [0.4, 0.5) is 0 Å². The number of nitrogens with zero attached hydrogens (tertiary/aromatic N) is 1. The Morgan fingerprint density at radius 3 is 2.53 bits per heavy atom. The Bertz CT molecular complexity index is 326. The van der Waals surface area contributed by atoms with Gasteiger partial charge >= 0.3 is 0 Å². The van der Waals surface area contributed by atoms with Crippen molar-refractivity contribution in [3.63, 3.8) is 0 Å². The number of hydrogen-bond acceptors (Lipinski definition) is 2. The molecule has 0 saturated heterocycles. The van der Waals surface area contributed by atoms with E-state index in [-0.39, 0.29) is 0 Å². The van der Waals surface area contributed by atoms with E-state index in [2.05, 4.69) is 11.1 Å². The Hall–Kier alpha value is -1.18. The van der Waals surface area contributed by atoms with E-state index in [9.17, 15) is 4.79 Å². The normalized spacial score (nSPS) is 26.2. The molecule has 15 heavy (non-hydrogen) atoms. The van der Waals surface area contributed by atoms with Gasteiger partial charge in [0.2, 0.25) is 0 Å². The summed E-state index contributed by atoms with van der Waals surface area (Å²) in [6, 6.07) is 6.09. The van der Waals surface area contributed by atoms with E-state index < -0.39 is 0 Å². The van der Waals surface area contributed by atoms with Crippen LogP contribution in [0.1, 0.15) is 44.2 Å². The van der Waals surface area contributed by atoms with Crippen LogP contribution in [0.15, 0.2) is 24.4 Å². The monoisotopic (exact) mass is 203 g/mol. The highest BCUT2D eigenvalue weighted by Crippen LogP contribution is 2.34. The topological polar surface area (TPSA) is 30.0 Å². The molecular formula is C13H17NO. The van der Waals surface area contributed by atoms with Gasteiger partial charge in [0.05, 0.1) is 0 Å². The van der Waals surface area contributed by atoms with Crippen molar-refractivity contribution in [1.82, 2.24) is 4.98 Å². The second-order valence-electron chi connectivity index (χ2n) is 4.41. The molecule has 1 heterocycles. The predicted molar refractivity (Wildman–Crippen MR) is 59.6 cm³/mol. The lowest BCUT2D eigenvalue weighted by Crippen LogP contribution is -2.19. The van der Waals surface area contributed by atoms with Gasteiger partial charge in [-0.1, -0.05) is 6.07 Å². The highest BCUT2D eigenvalue weighted by atomic mass is 16.1. The zero-order valence-electron chi connectivity index (χ0n) is 9.15. The summed E-state index contributed by atoms with van der Waals surface area (Å²) in [5, 5.41) is 0. The van der Waals surface area contributed by atoms with Gasteiger partial charge in [0, 0.05) is 23.7 Å². The molecule has 1 fully saturated rings. The van der Waals surface area contributed by atoms with Crippen LogP contribution in [0.3, 0.4) is 0 Å². The van der Waals surface area contributed by atoms with Crippen molar-refractivity contribution in [2.45, 2.75) is 38.5 Å². The first-order valence-corrected chi connectivity index (χ1v) is 5.68. The summed E-state index contributed by atoms with van der Waals surface area (Å²) in [6.07, 6.45) is 6.15. The molecule has 0 atom stereocenters. The van der Waals surface area contributed by atoms with E-state index in [0.717, 1.165) is 25.7 Å². The minimum atomic E-state index is 0.310. The maximum atomic E-state index is 11.2. The zero-order chi connectivity index (χ0) is 10.7. The lowest BCUT2D eigenvalue weighted by molar-refractivity contribution is -0.121. The first-order chi connectivity index (χ1) is 7.27. The Kier molecular flexibility index (Phi) is 3.14. The Labute approximate surface area is 90.7 Å². The van der Waals surface area contributed by atoms with Crippen LogP contribution in [0.25, 0.3) is 0 Å². The average molecular weight is 203 g/mol.